The van der Waals surface area contributed by atoms with Gasteiger partial charge in [-0.25, -0.2) is 0 Å². The summed E-state index contributed by atoms with van der Waals surface area (Å²) in [5, 5.41) is 0. The average Bonchev–Trinajstić information content (AvgIpc) is 2.46. The Bertz CT molecular complexity index is 213. The van der Waals surface area contributed by atoms with Crippen molar-refractivity contribution >= 4 is 5.78 Å². The van der Waals surface area contributed by atoms with E-state index >= 15 is 0 Å². The van der Waals surface area contributed by atoms with Crippen LogP contribution < -0.4 is 0 Å². The molecule has 0 aromatic carbocycles. The number of Topliss-reactive ketones (excluding diaryl/α,β-unsaturated/α-hetero) is 1. The quantitative estimate of drug-likeness (QED) is 0.361. The van der Waals surface area contributed by atoms with Gasteiger partial charge in [0.2, 0.25) is 0 Å². The van der Waals surface area contributed by atoms with E-state index in [2.05, 4.69) is 6.92 Å². The first-order valence-corrected chi connectivity index (χ1v) is 8.75. The second-order valence-corrected chi connectivity index (χ2v) is 6.06. The van der Waals surface area contributed by atoms with E-state index in [1.165, 1.54) is 57.8 Å². The lowest BCUT2D eigenvalue weighted by atomic mass is 10.0. The number of carbonyl (C=O) groups is 1. The highest BCUT2D eigenvalue weighted by Gasteiger charge is 2.05. The van der Waals surface area contributed by atoms with Gasteiger partial charge in [0.1, 0.15) is 5.78 Å². The molecule has 0 spiro atoms. The van der Waals surface area contributed by atoms with E-state index in [0.29, 0.717) is 12.2 Å². The largest absolute Gasteiger partial charge is 0.382 e. The van der Waals surface area contributed by atoms with E-state index in [0.717, 1.165) is 19.3 Å². The summed E-state index contributed by atoms with van der Waals surface area (Å²) in [4.78, 5) is 11.6. The zero-order chi connectivity index (χ0) is 15.1. The molecule has 1 atom stereocenters. The minimum Gasteiger partial charge on any atom is -0.382 e. The van der Waals surface area contributed by atoms with Gasteiger partial charge in [-0.3, -0.25) is 4.79 Å². The number of hydrogen-bond donors (Lipinski definition) is 0. The summed E-state index contributed by atoms with van der Waals surface area (Å²) in [6, 6.07) is 0. The highest BCUT2D eigenvalue weighted by atomic mass is 16.5. The summed E-state index contributed by atoms with van der Waals surface area (Å²) in [6.45, 7) is 4.28. The summed E-state index contributed by atoms with van der Waals surface area (Å²) in [5.74, 6) is 0.411. The maximum atomic E-state index is 11.6. The Kier molecular flexibility index (Phi) is 14.7. The maximum Gasteiger partial charge on any atom is 0.133 e. The molecular weight excluding hydrogens is 248 g/mol. The third-order valence-corrected chi connectivity index (χ3v) is 4.04. The predicted octanol–water partition coefficient (Wildman–Crippen LogP) is 5.68. The van der Waals surface area contributed by atoms with Crippen LogP contribution in [0.3, 0.4) is 0 Å². The second-order valence-electron chi connectivity index (χ2n) is 6.06. The van der Waals surface area contributed by atoms with Gasteiger partial charge in [0.15, 0.2) is 0 Å². The van der Waals surface area contributed by atoms with Gasteiger partial charge in [0.05, 0.1) is 6.10 Å². The molecule has 0 heterocycles. The fourth-order valence-corrected chi connectivity index (χ4v) is 2.42. The molecule has 0 saturated carbocycles. The second kappa shape index (κ2) is 15.0. The molecule has 0 aliphatic carbocycles. The van der Waals surface area contributed by atoms with Crippen LogP contribution in [0.4, 0.5) is 0 Å². The molecule has 0 N–H and O–H groups in total. The van der Waals surface area contributed by atoms with Gasteiger partial charge in [-0.15, -0.1) is 0 Å². The van der Waals surface area contributed by atoms with E-state index in [9.17, 15) is 4.79 Å². The van der Waals surface area contributed by atoms with Gasteiger partial charge < -0.3 is 4.74 Å². The Labute approximate surface area is 126 Å². The standard InChI is InChI=1S/C18H36O2/c1-4-5-6-7-8-9-10-11-12-13-14-18(19)16-15-17(2)20-3/h17H,4-16H2,1-3H3. The van der Waals surface area contributed by atoms with Crippen molar-refractivity contribution in [2.45, 2.75) is 103 Å². The van der Waals surface area contributed by atoms with Crippen LogP contribution in [-0.2, 0) is 9.53 Å². The Morgan fingerprint density at radius 1 is 0.850 bits per heavy atom. The first-order valence-electron chi connectivity index (χ1n) is 8.75. The van der Waals surface area contributed by atoms with Crippen molar-refractivity contribution in [3.63, 3.8) is 0 Å². The van der Waals surface area contributed by atoms with Gasteiger partial charge in [-0.1, -0.05) is 64.7 Å². The molecule has 2 heteroatoms. The minimum absolute atomic E-state index is 0.214. The van der Waals surface area contributed by atoms with Crippen LogP contribution in [0.25, 0.3) is 0 Å². The molecule has 0 aromatic heterocycles. The minimum atomic E-state index is 0.214. The highest BCUT2D eigenvalue weighted by Crippen LogP contribution is 2.12. The zero-order valence-electron chi connectivity index (χ0n) is 14.1. The fourth-order valence-electron chi connectivity index (χ4n) is 2.42. The molecule has 0 aliphatic rings. The Morgan fingerprint density at radius 3 is 1.85 bits per heavy atom. The number of hydrogen-bond acceptors (Lipinski definition) is 2. The number of carbonyl (C=O) groups excluding carboxylic acids is 1. The fraction of sp³-hybridized carbons (Fsp3) is 0.944. The number of ketones is 1. The van der Waals surface area contributed by atoms with Crippen molar-refractivity contribution < 1.29 is 9.53 Å². The van der Waals surface area contributed by atoms with Crippen molar-refractivity contribution in [2.24, 2.45) is 0 Å². The summed E-state index contributed by atoms with van der Waals surface area (Å²) in [6.07, 6.45) is 15.8. The van der Waals surface area contributed by atoms with E-state index in [1.54, 1.807) is 7.11 Å². The van der Waals surface area contributed by atoms with Gasteiger partial charge in [-0.2, -0.15) is 0 Å². The third kappa shape index (κ3) is 14.0. The van der Waals surface area contributed by atoms with Crippen molar-refractivity contribution in [3.05, 3.63) is 0 Å². The first kappa shape index (κ1) is 19.6. The van der Waals surface area contributed by atoms with Gasteiger partial charge in [0.25, 0.3) is 0 Å². The molecule has 20 heavy (non-hydrogen) atoms. The molecule has 2 nitrogen and oxygen atoms in total. The summed E-state index contributed by atoms with van der Waals surface area (Å²) >= 11 is 0. The summed E-state index contributed by atoms with van der Waals surface area (Å²) < 4.78 is 5.15. The van der Waals surface area contributed by atoms with E-state index in [1.807, 2.05) is 6.92 Å². The van der Waals surface area contributed by atoms with Crippen LogP contribution in [0, 0.1) is 0 Å². The maximum absolute atomic E-state index is 11.6. The van der Waals surface area contributed by atoms with Crippen molar-refractivity contribution in [1.82, 2.24) is 0 Å². The topological polar surface area (TPSA) is 26.3 Å². The first-order chi connectivity index (χ1) is 9.70. The molecule has 0 saturated heterocycles. The monoisotopic (exact) mass is 284 g/mol. The van der Waals surface area contributed by atoms with Crippen LogP contribution in [0.2, 0.25) is 0 Å². The number of rotatable bonds is 15. The average molecular weight is 284 g/mol. The molecule has 0 fully saturated rings. The predicted molar refractivity (Wildman–Crippen MR) is 87.2 cm³/mol. The summed E-state index contributed by atoms with van der Waals surface area (Å²) in [7, 11) is 1.71. The lowest BCUT2D eigenvalue weighted by Gasteiger charge is -2.08. The molecule has 0 amide bonds. The lowest BCUT2D eigenvalue weighted by Crippen LogP contribution is -2.08. The molecule has 0 aliphatic heterocycles. The van der Waals surface area contributed by atoms with E-state index in [4.69, 9.17) is 4.74 Å². The molecule has 0 rings (SSSR count). The van der Waals surface area contributed by atoms with Crippen LogP contribution in [0.1, 0.15) is 97.3 Å². The number of methoxy groups -OCH3 is 1. The van der Waals surface area contributed by atoms with E-state index < -0.39 is 0 Å². The van der Waals surface area contributed by atoms with Crippen LogP contribution in [0.15, 0.2) is 0 Å². The van der Waals surface area contributed by atoms with E-state index in [-0.39, 0.29) is 6.10 Å². The summed E-state index contributed by atoms with van der Waals surface area (Å²) in [5.41, 5.74) is 0. The number of unbranched alkanes of at least 4 members (excludes halogenated alkanes) is 9. The van der Waals surface area contributed by atoms with Crippen molar-refractivity contribution in [2.75, 3.05) is 7.11 Å². The van der Waals surface area contributed by atoms with Crippen LogP contribution >= 0.6 is 0 Å². The van der Waals surface area contributed by atoms with Gasteiger partial charge in [-0.05, 0) is 19.8 Å². The Balaban J connectivity index is 3.17. The normalized spacial score (nSPS) is 12.6. The zero-order valence-corrected chi connectivity index (χ0v) is 14.1. The lowest BCUT2D eigenvalue weighted by molar-refractivity contribution is -0.119. The smallest absolute Gasteiger partial charge is 0.133 e. The van der Waals surface area contributed by atoms with Crippen molar-refractivity contribution in [1.29, 1.82) is 0 Å². The Hall–Kier alpha value is -0.370. The van der Waals surface area contributed by atoms with Crippen LogP contribution in [-0.4, -0.2) is 19.0 Å². The molecule has 120 valence electrons. The third-order valence-electron chi connectivity index (χ3n) is 4.04. The molecular formula is C18H36O2. The number of ether oxygens (including phenoxy) is 1. The van der Waals surface area contributed by atoms with Gasteiger partial charge >= 0.3 is 0 Å². The van der Waals surface area contributed by atoms with Crippen molar-refractivity contribution in [3.8, 4) is 0 Å². The van der Waals surface area contributed by atoms with Crippen LogP contribution in [0.5, 0.6) is 0 Å². The highest BCUT2D eigenvalue weighted by molar-refractivity contribution is 5.78. The molecule has 0 bridgehead atoms. The SMILES string of the molecule is CCCCCCCCCCCCC(=O)CCC(C)OC. The molecule has 1 unspecified atom stereocenters. The van der Waals surface area contributed by atoms with Gasteiger partial charge in [0, 0.05) is 20.0 Å². The molecule has 0 radical (unpaired) electrons. The Morgan fingerprint density at radius 2 is 1.35 bits per heavy atom. The molecule has 0 aromatic rings.